The van der Waals surface area contributed by atoms with Crippen molar-refractivity contribution in [3.05, 3.63) is 22.7 Å². The fraction of sp³-hybridized carbons (Fsp3) is 0.600. The van der Waals surface area contributed by atoms with Crippen molar-refractivity contribution in [2.45, 2.75) is 25.8 Å². The van der Waals surface area contributed by atoms with E-state index in [0.29, 0.717) is 23.1 Å². The van der Waals surface area contributed by atoms with Gasteiger partial charge in [-0.3, -0.25) is 0 Å². The molecule has 4 nitrogen and oxygen atoms in total. The minimum atomic E-state index is 0.0858. The number of rotatable bonds is 8. The number of halogens is 1. The smallest absolute Gasteiger partial charge is 0.179 e. The number of hydrogen-bond acceptors (Lipinski definition) is 4. The van der Waals surface area contributed by atoms with E-state index in [-0.39, 0.29) is 6.04 Å². The summed E-state index contributed by atoms with van der Waals surface area (Å²) in [5, 5.41) is 0.574. The van der Waals surface area contributed by atoms with Crippen molar-refractivity contribution in [3.63, 3.8) is 0 Å². The molecule has 0 saturated heterocycles. The highest BCUT2D eigenvalue weighted by molar-refractivity contribution is 6.32. The molecule has 0 aromatic heterocycles. The minimum absolute atomic E-state index is 0.0858. The molecule has 0 saturated carbocycles. The molecule has 1 unspecified atom stereocenters. The van der Waals surface area contributed by atoms with Gasteiger partial charge in [0.05, 0.1) is 18.7 Å². The second kappa shape index (κ2) is 8.35. The molecular formula is C15H25ClN2O2. The molecule has 0 amide bonds. The fourth-order valence-corrected chi connectivity index (χ4v) is 2.25. The highest BCUT2D eigenvalue weighted by atomic mass is 35.5. The Balaban J connectivity index is 2.74. The SMILES string of the molecule is COc1cc(CC(C)N)cc(Cl)c1OCCCN(C)C. The number of benzene rings is 1. The van der Waals surface area contributed by atoms with E-state index in [1.807, 2.05) is 33.2 Å². The highest BCUT2D eigenvalue weighted by Gasteiger charge is 2.12. The van der Waals surface area contributed by atoms with Crippen LogP contribution in [0.5, 0.6) is 11.5 Å². The van der Waals surface area contributed by atoms with Crippen LogP contribution >= 0.6 is 11.6 Å². The summed E-state index contributed by atoms with van der Waals surface area (Å²) >= 11 is 6.28. The van der Waals surface area contributed by atoms with Crippen LogP contribution in [-0.4, -0.2) is 45.3 Å². The Morgan fingerprint density at radius 1 is 1.35 bits per heavy atom. The summed E-state index contributed by atoms with van der Waals surface area (Å²) in [5.74, 6) is 1.28. The van der Waals surface area contributed by atoms with Crippen LogP contribution in [0.1, 0.15) is 18.9 Å². The summed E-state index contributed by atoms with van der Waals surface area (Å²) in [5.41, 5.74) is 6.87. The van der Waals surface area contributed by atoms with Gasteiger partial charge in [-0.1, -0.05) is 11.6 Å². The minimum Gasteiger partial charge on any atom is -0.493 e. The first kappa shape index (κ1) is 17.1. The van der Waals surface area contributed by atoms with Gasteiger partial charge in [-0.15, -0.1) is 0 Å². The first-order valence-electron chi connectivity index (χ1n) is 6.83. The molecule has 2 N–H and O–H groups in total. The van der Waals surface area contributed by atoms with Crippen LogP contribution in [0.25, 0.3) is 0 Å². The van der Waals surface area contributed by atoms with Crippen LogP contribution in [0.2, 0.25) is 5.02 Å². The Morgan fingerprint density at radius 3 is 2.60 bits per heavy atom. The lowest BCUT2D eigenvalue weighted by Gasteiger charge is -2.16. The predicted octanol–water partition coefficient (Wildman–Crippen LogP) is 2.57. The summed E-state index contributed by atoms with van der Waals surface area (Å²) in [6.45, 7) is 3.55. The lowest BCUT2D eigenvalue weighted by Crippen LogP contribution is -2.18. The van der Waals surface area contributed by atoms with Gasteiger partial charge < -0.3 is 20.1 Å². The van der Waals surface area contributed by atoms with Gasteiger partial charge in [-0.2, -0.15) is 0 Å². The topological polar surface area (TPSA) is 47.7 Å². The van der Waals surface area contributed by atoms with E-state index in [4.69, 9.17) is 26.8 Å². The molecule has 1 rings (SSSR count). The normalized spacial score (nSPS) is 12.6. The zero-order chi connectivity index (χ0) is 15.1. The largest absolute Gasteiger partial charge is 0.493 e. The first-order chi connectivity index (χ1) is 9.43. The average molecular weight is 301 g/mol. The second-order valence-electron chi connectivity index (χ2n) is 5.30. The van der Waals surface area contributed by atoms with Crippen molar-refractivity contribution in [1.82, 2.24) is 4.90 Å². The van der Waals surface area contributed by atoms with Crippen molar-refractivity contribution in [3.8, 4) is 11.5 Å². The van der Waals surface area contributed by atoms with Crippen LogP contribution in [0.15, 0.2) is 12.1 Å². The Hall–Kier alpha value is -0.970. The van der Waals surface area contributed by atoms with E-state index >= 15 is 0 Å². The maximum absolute atomic E-state index is 6.28. The third-order valence-electron chi connectivity index (χ3n) is 2.84. The molecule has 1 aromatic carbocycles. The van der Waals surface area contributed by atoms with Crippen LogP contribution in [-0.2, 0) is 6.42 Å². The van der Waals surface area contributed by atoms with Crippen LogP contribution in [0.3, 0.4) is 0 Å². The van der Waals surface area contributed by atoms with Gasteiger partial charge in [0.1, 0.15) is 0 Å². The Kier molecular flexibility index (Phi) is 7.13. The van der Waals surface area contributed by atoms with Gasteiger partial charge in [0.15, 0.2) is 11.5 Å². The van der Waals surface area contributed by atoms with Gasteiger partial charge >= 0.3 is 0 Å². The van der Waals surface area contributed by atoms with E-state index in [0.717, 1.165) is 24.9 Å². The summed E-state index contributed by atoms with van der Waals surface area (Å²) < 4.78 is 11.1. The Morgan fingerprint density at radius 2 is 2.05 bits per heavy atom. The van der Waals surface area contributed by atoms with Gasteiger partial charge in [-0.05, 0) is 51.6 Å². The van der Waals surface area contributed by atoms with Crippen molar-refractivity contribution in [2.24, 2.45) is 5.73 Å². The van der Waals surface area contributed by atoms with Crippen molar-refractivity contribution in [1.29, 1.82) is 0 Å². The monoisotopic (exact) mass is 300 g/mol. The molecule has 0 heterocycles. The molecule has 0 aliphatic heterocycles. The van der Waals surface area contributed by atoms with E-state index in [1.165, 1.54) is 0 Å². The van der Waals surface area contributed by atoms with Gasteiger partial charge in [-0.25, -0.2) is 0 Å². The molecule has 20 heavy (non-hydrogen) atoms. The quantitative estimate of drug-likeness (QED) is 0.750. The summed E-state index contributed by atoms with van der Waals surface area (Å²) in [6, 6.07) is 3.92. The van der Waals surface area contributed by atoms with Gasteiger partial charge in [0.25, 0.3) is 0 Å². The molecule has 0 aliphatic rings. The van der Waals surface area contributed by atoms with E-state index < -0.39 is 0 Å². The lowest BCUT2D eigenvalue weighted by atomic mass is 10.1. The lowest BCUT2D eigenvalue weighted by molar-refractivity contribution is 0.268. The number of methoxy groups -OCH3 is 1. The molecule has 0 radical (unpaired) electrons. The van der Waals surface area contributed by atoms with Crippen LogP contribution in [0.4, 0.5) is 0 Å². The molecule has 5 heteroatoms. The molecule has 0 bridgehead atoms. The second-order valence-corrected chi connectivity index (χ2v) is 5.70. The first-order valence-corrected chi connectivity index (χ1v) is 7.21. The maximum Gasteiger partial charge on any atom is 0.179 e. The molecule has 114 valence electrons. The van der Waals surface area contributed by atoms with Crippen molar-refractivity contribution >= 4 is 11.6 Å². The Bertz CT molecular complexity index is 423. The Labute approximate surface area is 126 Å². The van der Waals surface area contributed by atoms with Crippen molar-refractivity contribution in [2.75, 3.05) is 34.4 Å². The fourth-order valence-electron chi connectivity index (χ4n) is 1.96. The third-order valence-corrected chi connectivity index (χ3v) is 3.12. The number of ether oxygens (including phenoxy) is 2. The van der Waals surface area contributed by atoms with Crippen LogP contribution < -0.4 is 15.2 Å². The summed E-state index contributed by atoms with van der Waals surface area (Å²) in [7, 11) is 5.70. The van der Waals surface area contributed by atoms with E-state index in [2.05, 4.69) is 4.90 Å². The number of nitrogens with zero attached hydrogens (tertiary/aromatic N) is 1. The van der Waals surface area contributed by atoms with Crippen LogP contribution in [0, 0.1) is 0 Å². The third kappa shape index (κ3) is 5.57. The molecule has 0 fully saturated rings. The molecule has 1 aromatic rings. The van der Waals surface area contributed by atoms with E-state index in [9.17, 15) is 0 Å². The standard InChI is InChI=1S/C15H25ClN2O2/c1-11(17)8-12-9-13(16)15(14(10-12)19-4)20-7-5-6-18(2)3/h9-11H,5-8,17H2,1-4H3. The summed E-state index contributed by atoms with van der Waals surface area (Å²) in [4.78, 5) is 2.12. The molecule has 0 aliphatic carbocycles. The summed E-state index contributed by atoms with van der Waals surface area (Å²) in [6.07, 6.45) is 1.70. The average Bonchev–Trinajstić information content (AvgIpc) is 2.34. The van der Waals surface area contributed by atoms with Crippen molar-refractivity contribution < 1.29 is 9.47 Å². The molecule has 0 spiro atoms. The maximum atomic E-state index is 6.28. The zero-order valence-electron chi connectivity index (χ0n) is 12.8. The van der Waals surface area contributed by atoms with E-state index in [1.54, 1.807) is 7.11 Å². The van der Waals surface area contributed by atoms with Gasteiger partial charge in [0.2, 0.25) is 0 Å². The molecule has 1 atom stereocenters. The number of nitrogens with two attached hydrogens (primary N) is 1. The number of hydrogen-bond donors (Lipinski definition) is 1. The molecular weight excluding hydrogens is 276 g/mol. The predicted molar refractivity (Wildman–Crippen MR) is 84.0 cm³/mol. The zero-order valence-corrected chi connectivity index (χ0v) is 13.5. The van der Waals surface area contributed by atoms with Gasteiger partial charge in [0, 0.05) is 12.6 Å². The highest BCUT2D eigenvalue weighted by Crippen LogP contribution is 2.36.